The van der Waals surface area contributed by atoms with Crippen molar-refractivity contribution >= 4 is 32.4 Å². The number of nitrogens with one attached hydrogen (secondary N) is 1. The summed E-state index contributed by atoms with van der Waals surface area (Å²) in [4.78, 5) is 4.42. The Morgan fingerprint density at radius 3 is 2.55 bits per heavy atom. The fourth-order valence-electron chi connectivity index (χ4n) is 2.21. The van der Waals surface area contributed by atoms with Gasteiger partial charge in [-0.2, -0.15) is 0 Å². The average molecular weight is 327 g/mol. The Hall–Kier alpha value is -1.87. The highest BCUT2D eigenvalue weighted by molar-refractivity contribution is 9.10. The molecule has 20 heavy (non-hydrogen) atoms. The zero-order valence-corrected chi connectivity index (χ0v) is 12.8. The van der Waals surface area contributed by atoms with Crippen molar-refractivity contribution in [3.8, 4) is 0 Å². The number of hydrogen-bond donors (Lipinski definition) is 1. The second kappa shape index (κ2) is 5.63. The van der Waals surface area contributed by atoms with E-state index >= 15 is 0 Å². The van der Waals surface area contributed by atoms with Crippen molar-refractivity contribution in [2.24, 2.45) is 0 Å². The first-order valence-corrected chi connectivity index (χ1v) is 7.36. The molecule has 0 saturated heterocycles. The minimum atomic E-state index is 0.728. The average Bonchev–Trinajstić information content (AvgIpc) is 2.49. The van der Waals surface area contributed by atoms with Gasteiger partial charge in [-0.3, -0.25) is 4.98 Å². The number of anilines is 1. The van der Waals surface area contributed by atoms with E-state index in [1.807, 2.05) is 13.1 Å². The minimum Gasteiger partial charge on any atom is -0.379 e. The van der Waals surface area contributed by atoms with Crippen LogP contribution < -0.4 is 5.32 Å². The standard InChI is InChI=1S/C17H15BrN2/c1-12-6-7-13(19-10-12)11-20-17-9-8-16(18)14-4-2-3-5-15(14)17/h2-10,20H,11H2,1H3. The summed E-state index contributed by atoms with van der Waals surface area (Å²) < 4.78 is 1.12. The molecule has 0 saturated carbocycles. The highest BCUT2D eigenvalue weighted by Gasteiger charge is 2.03. The van der Waals surface area contributed by atoms with Gasteiger partial charge in [0.1, 0.15) is 0 Å². The predicted octanol–water partition coefficient (Wildman–Crippen LogP) is 4.92. The molecule has 3 rings (SSSR count). The normalized spacial score (nSPS) is 10.7. The van der Waals surface area contributed by atoms with Crippen molar-refractivity contribution in [3.63, 3.8) is 0 Å². The van der Waals surface area contributed by atoms with Crippen LogP contribution >= 0.6 is 15.9 Å². The lowest BCUT2D eigenvalue weighted by atomic mass is 10.1. The molecule has 0 atom stereocenters. The van der Waals surface area contributed by atoms with Crippen LogP contribution in [0.5, 0.6) is 0 Å². The van der Waals surface area contributed by atoms with Crippen LogP contribution in [0, 0.1) is 6.92 Å². The second-order valence-corrected chi connectivity index (χ2v) is 5.68. The number of fused-ring (bicyclic) bond motifs is 1. The number of hydrogen-bond acceptors (Lipinski definition) is 2. The molecule has 0 bridgehead atoms. The number of halogens is 1. The Bertz CT molecular complexity index is 736. The molecule has 1 aromatic heterocycles. The summed E-state index contributed by atoms with van der Waals surface area (Å²) in [6, 6.07) is 16.7. The van der Waals surface area contributed by atoms with E-state index in [0.29, 0.717) is 0 Å². The molecule has 0 aliphatic carbocycles. The maximum absolute atomic E-state index is 4.42. The van der Waals surface area contributed by atoms with Crippen LogP contribution in [0.25, 0.3) is 10.8 Å². The number of nitrogens with zero attached hydrogens (tertiary/aromatic N) is 1. The third kappa shape index (κ3) is 2.68. The van der Waals surface area contributed by atoms with Crippen molar-refractivity contribution in [3.05, 3.63) is 70.5 Å². The van der Waals surface area contributed by atoms with Gasteiger partial charge in [0, 0.05) is 21.7 Å². The van der Waals surface area contributed by atoms with Crippen LogP contribution in [-0.4, -0.2) is 4.98 Å². The molecule has 2 nitrogen and oxygen atoms in total. The zero-order chi connectivity index (χ0) is 13.9. The SMILES string of the molecule is Cc1ccc(CNc2ccc(Br)c3ccccc23)nc1. The van der Waals surface area contributed by atoms with E-state index in [0.717, 1.165) is 22.4 Å². The van der Waals surface area contributed by atoms with Gasteiger partial charge in [0.2, 0.25) is 0 Å². The Morgan fingerprint density at radius 2 is 1.80 bits per heavy atom. The topological polar surface area (TPSA) is 24.9 Å². The molecule has 0 aliphatic rings. The van der Waals surface area contributed by atoms with Gasteiger partial charge in [0.05, 0.1) is 12.2 Å². The van der Waals surface area contributed by atoms with Gasteiger partial charge in [-0.15, -0.1) is 0 Å². The van der Waals surface area contributed by atoms with Gasteiger partial charge in [-0.1, -0.05) is 46.3 Å². The van der Waals surface area contributed by atoms with Crippen molar-refractivity contribution in [1.82, 2.24) is 4.98 Å². The van der Waals surface area contributed by atoms with E-state index in [9.17, 15) is 0 Å². The first-order valence-electron chi connectivity index (χ1n) is 6.57. The van der Waals surface area contributed by atoms with Crippen LogP contribution in [0.2, 0.25) is 0 Å². The molecule has 0 radical (unpaired) electrons. The summed E-state index contributed by atoms with van der Waals surface area (Å²) in [5, 5.41) is 5.90. The molecule has 100 valence electrons. The lowest BCUT2D eigenvalue weighted by Gasteiger charge is -2.10. The van der Waals surface area contributed by atoms with Gasteiger partial charge < -0.3 is 5.32 Å². The third-order valence-corrected chi connectivity index (χ3v) is 3.99. The maximum Gasteiger partial charge on any atom is 0.0594 e. The summed E-state index contributed by atoms with van der Waals surface area (Å²) in [6.07, 6.45) is 1.90. The molecular weight excluding hydrogens is 312 g/mol. The number of aromatic nitrogens is 1. The van der Waals surface area contributed by atoms with E-state index in [-0.39, 0.29) is 0 Å². The van der Waals surface area contributed by atoms with Crippen molar-refractivity contribution < 1.29 is 0 Å². The zero-order valence-electron chi connectivity index (χ0n) is 11.2. The molecule has 3 aromatic rings. The van der Waals surface area contributed by atoms with Crippen molar-refractivity contribution in [2.75, 3.05) is 5.32 Å². The minimum absolute atomic E-state index is 0.728. The summed E-state index contributed by atoms with van der Waals surface area (Å²) in [5.74, 6) is 0. The van der Waals surface area contributed by atoms with Crippen LogP contribution in [0.15, 0.2) is 59.2 Å². The molecular formula is C17H15BrN2. The Labute approximate surface area is 127 Å². The Morgan fingerprint density at radius 1 is 1.00 bits per heavy atom. The summed E-state index contributed by atoms with van der Waals surface area (Å²) in [6.45, 7) is 2.78. The van der Waals surface area contributed by atoms with Crippen LogP contribution in [0.4, 0.5) is 5.69 Å². The Balaban J connectivity index is 1.88. The van der Waals surface area contributed by atoms with E-state index in [1.54, 1.807) is 0 Å². The van der Waals surface area contributed by atoms with Crippen LogP contribution in [-0.2, 0) is 6.54 Å². The molecule has 0 spiro atoms. The van der Waals surface area contributed by atoms with Gasteiger partial charge in [-0.05, 0) is 36.1 Å². The van der Waals surface area contributed by atoms with E-state index in [2.05, 4.69) is 74.8 Å². The fourth-order valence-corrected chi connectivity index (χ4v) is 2.68. The summed E-state index contributed by atoms with van der Waals surface area (Å²) >= 11 is 3.59. The van der Waals surface area contributed by atoms with E-state index in [4.69, 9.17) is 0 Å². The van der Waals surface area contributed by atoms with E-state index < -0.39 is 0 Å². The van der Waals surface area contributed by atoms with Crippen LogP contribution in [0.3, 0.4) is 0 Å². The third-order valence-electron chi connectivity index (χ3n) is 3.30. The molecule has 0 fully saturated rings. The molecule has 2 aromatic carbocycles. The monoisotopic (exact) mass is 326 g/mol. The number of pyridine rings is 1. The molecule has 0 aliphatic heterocycles. The predicted molar refractivity (Wildman–Crippen MR) is 87.9 cm³/mol. The number of benzene rings is 2. The largest absolute Gasteiger partial charge is 0.379 e. The molecule has 0 unspecified atom stereocenters. The van der Waals surface area contributed by atoms with Gasteiger partial charge >= 0.3 is 0 Å². The van der Waals surface area contributed by atoms with Crippen LogP contribution in [0.1, 0.15) is 11.3 Å². The molecule has 0 amide bonds. The smallest absolute Gasteiger partial charge is 0.0594 e. The van der Waals surface area contributed by atoms with Gasteiger partial charge in [-0.25, -0.2) is 0 Å². The number of aryl methyl sites for hydroxylation is 1. The molecule has 3 heteroatoms. The first kappa shape index (κ1) is 13.1. The first-order chi connectivity index (χ1) is 9.74. The maximum atomic E-state index is 4.42. The highest BCUT2D eigenvalue weighted by atomic mass is 79.9. The fraction of sp³-hybridized carbons (Fsp3) is 0.118. The van der Waals surface area contributed by atoms with Crippen molar-refractivity contribution in [2.45, 2.75) is 13.5 Å². The van der Waals surface area contributed by atoms with Gasteiger partial charge in [0.15, 0.2) is 0 Å². The summed E-state index contributed by atoms with van der Waals surface area (Å²) in [7, 11) is 0. The van der Waals surface area contributed by atoms with E-state index in [1.165, 1.54) is 16.3 Å². The second-order valence-electron chi connectivity index (χ2n) is 4.82. The van der Waals surface area contributed by atoms with Crippen molar-refractivity contribution in [1.29, 1.82) is 0 Å². The lowest BCUT2D eigenvalue weighted by Crippen LogP contribution is -2.02. The molecule has 1 heterocycles. The lowest BCUT2D eigenvalue weighted by molar-refractivity contribution is 1.04. The van der Waals surface area contributed by atoms with Gasteiger partial charge in [0.25, 0.3) is 0 Å². The summed E-state index contributed by atoms with van der Waals surface area (Å²) in [5.41, 5.74) is 3.36. The molecule has 1 N–H and O–H groups in total. The Kier molecular flexibility index (Phi) is 3.70. The quantitative estimate of drug-likeness (QED) is 0.739. The highest BCUT2D eigenvalue weighted by Crippen LogP contribution is 2.30. The number of rotatable bonds is 3.